The van der Waals surface area contributed by atoms with Crippen LogP contribution in [0, 0.1) is 5.92 Å². The second kappa shape index (κ2) is 7.28. The van der Waals surface area contributed by atoms with Crippen LogP contribution in [0.15, 0.2) is 22.7 Å². The SMILES string of the molecule is COc1ccc(C(=O)N[C@H](CC(C)C)C(=O)O)cc1Br. The van der Waals surface area contributed by atoms with Gasteiger partial charge in [-0.15, -0.1) is 0 Å². The van der Waals surface area contributed by atoms with Crippen LogP contribution in [0.2, 0.25) is 0 Å². The van der Waals surface area contributed by atoms with Crippen molar-refractivity contribution in [2.45, 2.75) is 26.3 Å². The van der Waals surface area contributed by atoms with E-state index in [-0.39, 0.29) is 5.92 Å². The minimum absolute atomic E-state index is 0.180. The van der Waals surface area contributed by atoms with Gasteiger partial charge in [0.05, 0.1) is 11.6 Å². The molecule has 2 N–H and O–H groups in total. The number of benzene rings is 1. The zero-order chi connectivity index (χ0) is 15.3. The Morgan fingerprint density at radius 3 is 2.50 bits per heavy atom. The van der Waals surface area contributed by atoms with Crippen molar-refractivity contribution in [2.24, 2.45) is 5.92 Å². The van der Waals surface area contributed by atoms with Crippen LogP contribution in [0.3, 0.4) is 0 Å². The van der Waals surface area contributed by atoms with E-state index in [1.165, 1.54) is 7.11 Å². The van der Waals surface area contributed by atoms with E-state index in [0.29, 0.717) is 22.2 Å². The average Bonchev–Trinajstić information content (AvgIpc) is 2.37. The van der Waals surface area contributed by atoms with Gasteiger partial charge in [-0.2, -0.15) is 0 Å². The van der Waals surface area contributed by atoms with Crippen molar-refractivity contribution in [1.29, 1.82) is 0 Å². The zero-order valence-corrected chi connectivity index (χ0v) is 13.2. The highest BCUT2D eigenvalue weighted by Crippen LogP contribution is 2.25. The molecule has 1 aromatic carbocycles. The zero-order valence-electron chi connectivity index (χ0n) is 11.6. The van der Waals surface area contributed by atoms with Gasteiger partial charge in [-0.3, -0.25) is 4.79 Å². The monoisotopic (exact) mass is 343 g/mol. The number of methoxy groups -OCH3 is 1. The van der Waals surface area contributed by atoms with Crippen molar-refractivity contribution >= 4 is 27.8 Å². The van der Waals surface area contributed by atoms with Gasteiger partial charge in [0.15, 0.2) is 0 Å². The van der Waals surface area contributed by atoms with Crippen LogP contribution in [0.5, 0.6) is 5.75 Å². The molecular formula is C14H18BrNO4. The van der Waals surface area contributed by atoms with E-state index in [0.717, 1.165) is 0 Å². The van der Waals surface area contributed by atoms with E-state index in [4.69, 9.17) is 9.84 Å². The van der Waals surface area contributed by atoms with E-state index in [1.54, 1.807) is 18.2 Å². The van der Waals surface area contributed by atoms with Crippen molar-refractivity contribution in [3.8, 4) is 5.75 Å². The highest BCUT2D eigenvalue weighted by Gasteiger charge is 2.22. The first kappa shape index (κ1) is 16.5. The van der Waals surface area contributed by atoms with Crippen molar-refractivity contribution < 1.29 is 19.4 Å². The molecule has 0 saturated carbocycles. The fourth-order valence-corrected chi connectivity index (χ4v) is 2.28. The summed E-state index contributed by atoms with van der Waals surface area (Å²) in [6.07, 6.45) is 0.387. The summed E-state index contributed by atoms with van der Waals surface area (Å²) in [6.45, 7) is 3.82. The van der Waals surface area contributed by atoms with Crippen LogP contribution in [0.4, 0.5) is 0 Å². The number of carboxylic acids is 1. The number of halogens is 1. The summed E-state index contributed by atoms with van der Waals surface area (Å²) in [5.41, 5.74) is 0.382. The first-order valence-electron chi connectivity index (χ1n) is 6.22. The topological polar surface area (TPSA) is 75.6 Å². The van der Waals surface area contributed by atoms with Crippen molar-refractivity contribution in [1.82, 2.24) is 5.32 Å². The Hall–Kier alpha value is -1.56. The minimum atomic E-state index is -1.03. The normalized spacial score (nSPS) is 12.1. The Bertz CT molecular complexity index is 502. The van der Waals surface area contributed by atoms with E-state index < -0.39 is 17.9 Å². The lowest BCUT2D eigenvalue weighted by Gasteiger charge is -2.16. The highest BCUT2D eigenvalue weighted by molar-refractivity contribution is 9.10. The standard InChI is InChI=1S/C14H18BrNO4/c1-8(2)6-11(14(18)19)16-13(17)9-4-5-12(20-3)10(15)7-9/h4-5,7-8,11H,6H2,1-3H3,(H,16,17)(H,18,19)/t11-/m1/s1. The lowest BCUT2D eigenvalue weighted by molar-refractivity contribution is -0.139. The van der Waals surface area contributed by atoms with Gasteiger partial charge in [-0.1, -0.05) is 13.8 Å². The van der Waals surface area contributed by atoms with Gasteiger partial charge < -0.3 is 15.2 Å². The molecule has 0 spiro atoms. The van der Waals surface area contributed by atoms with Crippen LogP contribution in [-0.4, -0.2) is 30.1 Å². The van der Waals surface area contributed by atoms with Gasteiger partial charge >= 0.3 is 5.97 Å². The number of aliphatic carboxylic acids is 1. The molecule has 0 aliphatic heterocycles. The molecule has 0 saturated heterocycles. The van der Waals surface area contributed by atoms with E-state index in [2.05, 4.69) is 21.2 Å². The summed E-state index contributed by atoms with van der Waals surface area (Å²) in [4.78, 5) is 23.2. The summed E-state index contributed by atoms with van der Waals surface area (Å²) in [5.74, 6) is -0.654. The smallest absolute Gasteiger partial charge is 0.326 e. The Labute approximate surface area is 126 Å². The molecule has 1 aromatic rings. The molecule has 0 unspecified atom stereocenters. The van der Waals surface area contributed by atoms with Crippen molar-refractivity contribution in [2.75, 3.05) is 7.11 Å². The number of carboxylic acid groups (broad SMARTS) is 1. The third-order valence-electron chi connectivity index (χ3n) is 2.72. The number of nitrogens with one attached hydrogen (secondary N) is 1. The Morgan fingerprint density at radius 1 is 1.40 bits per heavy atom. The molecular weight excluding hydrogens is 326 g/mol. The quantitative estimate of drug-likeness (QED) is 0.832. The maximum atomic E-state index is 12.1. The van der Waals surface area contributed by atoms with Gasteiger partial charge in [0.1, 0.15) is 11.8 Å². The fraction of sp³-hybridized carbons (Fsp3) is 0.429. The summed E-state index contributed by atoms with van der Waals surface area (Å²) in [6, 6.07) is 3.95. The number of amides is 1. The van der Waals surface area contributed by atoms with Crippen LogP contribution < -0.4 is 10.1 Å². The third-order valence-corrected chi connectivity index (χ3v) is 3.34. The number of rotatable bonds is 6. The molecule has 0 aliphatic rings. The second-order valence-corrected chi connectivity index (χ2v) is 5.70. The molecule has 0 radical (unpaired) electrons. The number of hydrogen-bond donors (Lipinski definition) is 2. The molecule has 1 rings (SSSR count). The van der Waals surface area contributed by atoms with E-state index in [1.807, 2.05) is 13.8 Å². The molecule has 0 fully saturated rings. The van der Waals surface area contributed by atoms with Gasteiger partial charge in [-0.05, 0) is 46.5 Å². The van der Waals surface area contributed by atoms with E-state index >= 15 is 0 Å². The second-order valence-electron chi connectivity index (χ2n) is 4.84. The number of carbonyl (C=O) groups excluding carboxylic acids is 1. The molecule has 0 bridgehead atoms. The Balaban J connectivity index is 2.83. The minimum Gasteiger partial charge on any atom is -0.496 e. The lowest BCUT2D eigenvalue weighted by Crippen LogP contribution is -2.41. The van der Waals surface area contributed by atoms with Crippen LogP contribution in [0.25, 0.3) is 0 Å². The summed E-state index contributed by atoms with van der Waals surface area (Å²) < 4.78 is 5.72. The average molecular weight is 344 g/mol. The van der Waals surface area contributed by atoms with Gasteiger partial charge in [0, 0.05) is 5.56 Å². The molecule has 5 nitrogen and oxygen atoms in total. The van der Waals surface area contributed by atoms with Crippen molar-refractivity contribution in [3.05, 3.63) is 28.2 Å². The maximum Gasteiger partial charge on any atom is 0.326 e. The number of hydrogen-bond acceptors (Lipinski definition) is 3. The predicted octanol–water partition coefficient (Wildman–Crippen LogP) is 2.69. The van der Waals surface area contributed by atoms with Crippen LogP contribution >= 0.6 is 15.9 Å². The first-order chi connectivity index (χ1) is 9.35. The summed E-state index contributed by atoms with van der Waals surface area (Å²) in [7, 11) is 1.53. The lowest BCUT2D eigenvalue weighted by atomic mass is 10.0. The summed E-state index contributed by atoms with van der Waals surface area (Å²) in [5, 5.41) is 11.6. The molecule has 110 valence electrons. The Morgan fingerprint density at radius 2 is 2.05 bits per heavy atom. The molecule has 0 aromatic heterocycles. The molecule has 1 amide bonds. The molecule has 0 aliphatic carbocycles. The Kier molecular flexibility index (Phi) is 6.01. The maximum absolute atomic E-state index is 12.1. The molecule has 0 heterocycles. The predicted molar refractivity (Wildman–Crippen MR) is 79.0 cm³/mol. The van der Waals surface area contributed by atoms with Crippen LogP contribution in [0.1, 0.15) is 30.6 Å². The van der Waals surface area contributed by atoms with Gasteiger partial charge in [-0.25, -0.2) is 4.79 Å². The molecule has 6 heteroatoms. The summed E-state index contributed by atoms with van der Waals surface area (Å²) >= 11 is 3.29. The number of ether oxygens (including phenoxy) is 1. The third kappa shape index (κ3) is 4.52. The highest BCUT2D eigenvalue weighted by atomic mass is 79.9. The largest absolute Gasteiger partial charge is 0.496 e. The van der Waals surface area contributed by atoms with Gasteiger partial charge in [0.25, 0.3) is 5.91 Å². The van der Waals surface area contributed by atoms with E-state index in [9.17, 15) is 9.59 Å². The molecule has 1 atom stereocenters. The number of carbonyl (C=O) groups is 2. The van der Waals surface area contributed by atoms with Crippen molar-refractivity contribution in [3.63, 3.8) is 0 Å². The molecule has 20 heavy (non-hydrogen) atoms. The fourth-order valence-electron chi connectivity index (χ4n) is 1.74. The van der Waals surface area contributed by atoms with Crippen LogP contribution in [-0.2, 0) is 4.79 Å². The van der Waals surface area contributed by atoms with Gasteiger partial charge in [0.2, 0.25) is 0 Å². The first-order valence-corrected chi connectivity index (χ1v) is 7.01.